The fourth-order valence-corrected chi connectivity index (χ4v) is 3.33. The molecule has 0 unspecified atom stereocenters. The molecular weight excluding hydrogens is 462 g/mol. The average molecular weight is 485 g/mol. The molecule has 0 saturated carbocycles. The minimum atomic E-state index is -0.597. The van der Waals surface area contributed by atoms with Gasteiger partial charge in [0.15, 0.2) is 17.2 Å². The van der Waals surface area contributed by atoms with Gasteiger partial charge < -0.3 is 19.9 Å². The van der Waals surface area contributed by atoms with Crippen LogP contribution < -0.4 is 20.6 Å². The van der Waals surface area contributed by atoms with E-state index in [1.807, 2.05) is 0 Å². The van der Waals surface area contributed by atoms with E-state index in [9.17, 15) is 9.59 Å². The zero-order valence-corrected chi connectivity index (χ0v) is 19.0. The Morgan fingerprint density at radius 1 is 1.26 bits per heavy atom. The minimum Gasteiger partial charge on any atom is -0.493 e. The van der Waals surface area contributed by atoms with Crippen molar-refractivity contribution in [2.24, 2.45) is 5.10 Å². The van der Waals surface area contributed by atoms with Crippen molar-refractivity contribution in [3.63, 3.8) is 0 Å². The molecule has 3 aromatic rings. The number of nitrogen functional groups attached to an aromatic ring is 1. The van der Waals surface area contributed by atoms with Gasteiger partial charge in [-0.15, -0.1) is 5.10 Å². The van der Waals surface area contributed by atoms with E-state index in [0.29, 0.717) is 49.9 Å². The first-order valence-corrected chi connectivity index (χ1v) is 10.5. The van der Waals surface area contributed by atoms with Gasteiger partial charge in [0, 0.05) is 26.6 Å². The van der Waals surface area contributed by atoms with Gasteiger partial charge in [-0.3, -0.25) is 14.5 Å². The van der Waals surface area contributed by atoms with Crippen molar-refractivity contribution in [1.82, 2.24) is 35.6 Å². The topological polar surface area (TPSA) is 185 Å². The summed E-state index contributed by atoms with van der Waals surface area (Å²) >= 11 is 0. The summed E-state index contributed by atoms with van der Waals surface area (Å²) in [5.74, 6) is -0.489. The number of methoxy groups -OCH3 is 1. The summed E-state index contributed by atoms with van der Waals surface area (Å²) in [6, 6.07) is 4.81. The lowest BCUT2D eigenvalue weighted by Gasteiger charge is -2.25. The zero-order valence-electron chi connectivity index (χ0n) is 19.0. The van der Waals surface area contributed by atoms with Crippen LogP contribution in [0.1, 0.15) is 28.7 Å². The highest BCUT2D eigenvalue weighted by Crippen LogP contribution is 2.27. The van der Waals surface area contributed by atoms with E-state index in [2.05, 4.69) is 40.7 Å². The number of hydrogen-bond acceptors (Lipinski definition) is 13. The van der Waals surface area contributed by atoms with Crippen LogP contribution in [0.3, 0.4) is 0 Å². The van der Waals surface area contributed by atoms with E-state index < -0.39 is 11.9 Å². The van der Waals surface area contributed by atoms with Crippen LogP contribution in [0.15, 0.2) is 27.9 Å². The molecule has 15 heteroatoms. The predicted octanol–water partition coefficient (Wildman–Crippen LogP) is -0.237. The lowest BCUT2D eigenvalue weighted by atomic mass is 10.2. The maximum absolute atomic E-state index is 13.1. The van der Waals surface area contributed by atoms with Gasteiger partial charge in [-0.25, -0.2) is 10.1 Å². The molecule has 1 aliphatic rings. The summed E-state index contributed by atoms with van der Waals surface area (Å²) in [7, 11) is 1.44. The van der Waals surface area contributed by atoms with Crippen molar-refractivity contribution in [3.8, 4) is 17.3 Å². The van der Waals surface area contributed by atoms with E-state index >= 15 is 0 Å². The van der Waals surface area contributed by atoms with E-state index in [-0.39, 0.29) is 23.1 Å². The number of ether oxygens (including phenoxy) is 3. The lowest BCUT2D eigenvalue weighted by molar-refractivity contribution is -0.132. The van der Waals surface area contributed by atoms with Crippen LogP contribution in [0.4, 0.5) is 5.82 Å². The van der Waals surface area contributed by atoms with Gasteiger partial charge in [0.1, 0.15) is 5.69 Å². The highest BCUT2D eigenvalue weighted by molar-refractivity contribution is 5.95. The van der Waals surface area contributed by atoms with Crippen LogP contribution in [0.2, 0.25) is 0 Å². The second kappa shape index (κ2) is 10.7. The first kappa shape index (κ1) is 23.8. The van der Waals surface area contributed by atoms with E-state index in [1.54, 1.807) is 18.2 Å². The first-order chi connectivity index (χ1) is 17.0. The number of nitrogens with one attached hydrogen (secondary N) is 1. The highest BCUT2D eigenvalue weighted by Gasteiger charge is 2.26. The van der Waals surface area contributed by atoms with Crippen molar-refractivity contribution >= 4 is 23.9 Å². The van der Waals surface area contributed by atoms with Gasteiger partial charge in [-0.05, 0) is 34.1 Å². The smallest absolute Gasteiger partial charge is 0.308 e. The van der Waals surface area contributed by atoms with Gasteiger partial charge in [0.05, 0.1) is 26.5 Å². The Bertz CT molecular complexity index is 1230. The molecule has 1 saturated heterocycles. The quantitative estimate of drug-likeness (QED) is 0.185. The van der Waals surface area contributed by atoms with E-state index in [0.717, 1.165) is 4.68 Å². The van der Waals surface area contributed by atoms with Crippen molar-refractivity contribution in [3.05, 3.63) is 35.2 Å². The Labute approximate surface area is 198 Å². The summed E-state index contributed by atoms with van der Waals surface area (Å²) < 4.78 is 21.5. The Hall–Kier alpha value is -4.37. The Morgan fingerprint density at radius 2 is 2.06 bits per heavy atom. The maximum atomic E-state index is 13.1. The van der Waals surface area contributed by atoms with Crippen molar-refractivity contribution in [1.29, 1.82) is 0 Å². The fraction of sp³-hybridized carbons (Fsp3) is 0.350. The molecule has 1 aliphatic heterocycles. The van der Waals surface area contributed by atoms with E-state index in [1.165, 1.54) is 20.2 Å². The number of benzene rings is 1. The molecule has 0 atom stereocenters. The van der Waals surface area contributed by atoms with Gasteiger partial charge in [-0.2, -0.15) is 9.78 Å². The molecule has 0 bridgehead atoms. The summed E-state index contributed by atoms with van der Waals surface area (Å²) in [5, 5.41) is 19.4. The number of hydrogen-bond donors (Lipinski definition) is 2. The first-order valence-electron chi connectivity index (χ1n) is 10.5. The number of hydrazone groups is 1. The molecule has 4 rings (SSSR count). The number of anilines is 1. The number of carbonyl (C=O) groups is 2. The SMILES string of the molecule is COc1cc(C=NNC(=O)c2c(CN3CCOCC3)nnn2-c2nonc2N)ccc1OC(C)=O. The molecule has 0 radical (unpaired) electrons. The molecular formula is C20H23N9O6. The summed E-state index contributed by atoms with van der Waals surface area (Å²) in [6.07, 6.45) is 1.40. The van der Waals surface area contributed by atoms with Crippen LogP contribution in [0.5, 0.6) is 11.5 Å². The molecule has 15 nitrogen and oxygen atoms in total. The van der Waals surface area contributed by atoms with Crippen molar-refractivity contribution in [2.75, 3.05) is 39.1 Å². The maximum Gasteiger partial charge on any atom is 0.308 e. The summed E-state index contributed by atoms with van der Waals surface area (Å²) in [6.45, 7) is 4.19. The average Bonchev–Trinajstić information content (AvgIpc) is 3.45. The number of esters is 1. The second-order valence-electron chi connectivity index (χ2n) is 7.36. The second-order valence-corrected chi connectivity index (χ2v) is 7.36. The Kier molecular flexibility index (Phi) is 7.27. The fourth-order valence-electron chi connectivity index (χ4n) is 3.33. The largest absolute Gasteiger partial charge is 0.493 e. The third-order valence-electron chi connectivity index (χ3n) is 4.95. The van der Waals surface area contributed by atoms with Crippen LogP contribution in [0, 0.1) is 0 Å². The molecule has 184 valence electrons. The summed E-state index contributed by atoms with van der Waals surface area (Å²) in [4.78, 5) is 26.4. The van der Waals surface area contributed by atoms with Crippen LogP contribution in [-0.2, 0) is 16.1 Å². The van der Waals surface area contributed by atoms with Gasteiger partial charge in [0.25, 0.3) is 5.91 Å². The normalized spacial score (nSPS) is 14.2. The molecule has 3 heterocycles. The molecule has 1 fully saturated rings. The van der Waals surface area contributed by atoms with Gasteiger partial charge in [0.2, 0.25) is 11.6 Å². The number of nitrogens with two attached hydrogens (primary N) is 1. The third-order valence-corrected chi connectivity index (χ3v) is 4.95. The highest BCUT2D eigenvalue weighted by atomic mass is 16.6. The Morgan fingerprint density at radius 3 is 2.74 bits per heavy atom. The van der Waals surface area contributed by atoms with Gasteiger partial charge in [-0.1, -0.05) is 5.21 Å². The molecule has 3 N–H and O–H groups in total. The third kappa shape index (κ3) is 5.59. The molecule has 2 aromatic heterocycles. The number of carbonyl (C=O) groups excluding carboxylic acids is 2. The molecule has 0 aliphatic carbocycles. The molecule has 1 amide bonds. The van der Waals surface area contributed by atoms with Gasteiger partial charge >= 0.3 is 5.97 Å². The lowest BCUT2D eigenvalue weighted by Crippen LogP contribution is -2.36. The predicted molar refractivity (Wildman–Crippen MR) is 119 cm³/mol. The summed E-state index contributed by atoms with van der Waals surface area (Å²) in [5.41, 5.74) is 9.32. The van der Waals surface area contributed by atoms with Crippen LogP contribution >= 0.6 is 0 Å². The molecule has 1 aromatic carbocycles. The van der Waals surface area contributed by atoms with Crippen molar-refractivity contribution in [2.45, 2.75) is 13.5 Å². The number of aromatic nitrogens is 5. The monoisotopic (exact) mass is 485 g/mol. The number of morpholine rings is 1. The minimum absolute atomic E-state index is 0.0330. The Balaban J connectivity index is 1.55. The number of amides is 1. The standard InChI is InChI=1S/C20H23N9O6/c1-12(30)34-15-4-3-13(9-16(15)32-2)10-22-24-20(31)17-14(11-28-5-7-33-8-6-28)23-27-29(17)19-18(21)25-35-26-19/h3-4,9-10H,5-8,11H2,1-2H3,(H2,21,25)(H,24,31). The number of rotatable bonds is 8. The van der Waals surface area contributed by atoms with Crippen molar-refractivity contribution < 1.29 is 28.4 Å². The van der Waals surface area contributed by atoms with Crippen LogP contribution in [-0.4, -0.2) is 81.7 Å². The molecule has 35 heavy (non-hydrogen) atoms. The zero-order chi connectivity index (χ0) is 24.8. The number of nitrogens with zero attached hydrogens (tertiary/aromatic N) is 7. The molecule has 0 spiro atoms. The van der Waals surface area contributed by atoms with E-state index in [4.69, 9.17) is 19.9 Å². The van der Waals surface area contributed by atoms with Crippen LogP contribution in [0.25, 0.3) is 5.82 Å².